The van der Waals surface area contributed by atoms with E-state index in [9.17, 15) is 0 Å². The van der Waals surface area contributed by atoms with Crippen LogP contribution < -0.4 is 15.6 Å². The highest BCUT2D eigenvalue weighted by Gasteiger charge is 2.20. The highest BCUT2D eigenvalue weighted by molar-refractivity contribution is 7.10. The SMILES string of the molecule is C[C@H](c1cccs1)[NH+](C)Cc1nc2ccccc2c(N)[nH+]1. The maximum atomic E-state index is 6.10. The molecule has 0 spiro atoms. The molecule has 0 aliphatic rings. The van der Waals surface area contributed by atoms with Crippen molar-refractivity contribution in [3.63, 3.8) is 0 Å². The lowest BCUT2D eigenvalue weighted by Gasteiger charge is -2.19. The molecule has 2 atom stereocenters. The number of aromatic nitrogens is 2. The van der Waals surface area contributed by atoms with Gasteiger partial charge in [0.25, 0.3) is 5.82 Å². The van der Waals surface area contributed by atoms with Gasteiger partial charge in [0.15, 0.2) is 12.1 Å². The molecule has 5 heteroatoms. The third-order valence-corrected chi connectivity index (χ3v) is 4.94. The lowest BCUT2D eigenvalue weighted by Crippen LogP contribution is -3.07. The summed E-state index contributed by atoms with van der Waals surface area (Å²) < 4.78 is 0. The van der Waals surface area contributed by atoms with Crippen molar-refractivity contribution in [2.45, 2.75) is 19.5 Å². The van der Waals surface area contributed by atoms with Crippen LogP contribution in [0.3, 0.4) is 0 Å². The summed E-state index contributed by atoms with van der Waals surface area (Å²) in [6.45, 7) is 3.06. The van der Waals surface area contributed by atoms with E-state index in [1.54, 1.807) is 11.3 Å². The quantitative estimate of drug-likeness (QED) is 0.766. The van der Waals surface area contributed by atoms with E-state index in [1.807, 2.05) is 24.3 Å². The second-order valence-corrected chi connectivity index (χ2v) is 6.35. The average molecular weight is 300 g/mol. The summed E-state index contributed by atoms with van der Waals surface area (Å²) in [5.41, 5.74) is 7.05. The number of fused-ring (bicyclic) bond motifs is 1. The topological polar surface area (TPSA) is 57.5 Å². The van der Waals surface area contributed by atoms with Crippen molar-refractivity contribution in [3.05, 3.63) is 52.5 Å². The van der Waals surface area contributed by atoms with E-state index in [2.05, 4.69) is 41.5 Å². The molecule has 0 radical (unpaired) electrons. The van der Waals surface area contributed by atoms with Crippen LogP contribution in [0.1, 0.15) is 23.7 Å². The minimum atomic E-state index is 0.438. The molecule has 3 rings (SSSR count). The van der Waals surface area contributed by atoms with Gasteiger partial charge in [-0.05, 0) is 30.5 Å². The monoisotopic (exact) mass is 300 g/mol. The first-order valence-corrected chi connectivity index (χ1v) is 7.95. The van der Waals surface area contributed by atoms with Crippen LogP contribution in [0.5, 0.6) is 0 Å². The van der Waals surface area contributed by atoms with E-state index in [-0.39, 0.29) is 0 Å². The molecular weight excluding hydrogens is 280 g/mol. The Hall–Kier alpha value is -1.98. The molecule has 0 bridgehead atoms. The number of thiophene rings is 1. The van der Waals surface area contributed by atoms with Crippen LogP contribution in [0, 0.1) is 0 Å². The van der Waals surface area contributed by atoms with Crippen LogP contribution >= 0.6 is 11.3 Å². The number of aromatic amines is 1. The largest absolute Gasteiger partial charge is 0.322 e. The van der Waals surface area contributed by atoms with Gasteiger partial charge >= 0.3 is 0 Å². The van der Waals surface area contributed by atoms with E-state index in [1.165, 1.54) is 9.78 Å². The van der Waals surface area contributed by atoms with Crippen molar-refractivity contribution in [2.75, 3.05) is 12.8 Å². The van der Waals surface area contributed by atoms with E-state index in [4.69, 9.17) is 5.73 Å². The van der Waals surface area contributed by atoms with Crippen LogP contribution in [0.4, 0.5) is 5.82 Å². The first-order chi connectivity index (χ1) is 10.1. The molecule has 0 aliphatic carbocycles. The Morgan fingerprint density at radius 2 is 2.10 bits per heavy atom. The van der Waals surface area contributed by atoms with Crippen LogP contribution in [0.15, 0.2) is 41.8 Å². The smallest absolute Gasteiger partial charge is 0.291 e. The van der Waals surface area contributed by atoms with Gasteiger partial charge in [0.1, 0.15) is 6.04 Å². The standard InChI is InChI=1S/C16H18N4S/c1-11(14-8-5-9-21-14)20(2)10-15-18-13-7-4-3-6-12(13)16(17)19-15/h3-9,11H,10H2,1-2H3,(H2,17,18,19)/p+2/t11-/m1/s1. The summed E-state index contributed by atoms with van der Waals surface area (Å²) in [5.74, 6) is 1.61. The summed E-state index contributed by atoms with van der Waals surface area (Å²) in [7, 11) is 2.19. The third-order valence-electron chi connectivity index (χ3n) is 3.88. The zero-order valence-electron chi connectivity index (χ0n) is 12.3. The number of hydrogen-bond acceptors (Lipinski definition) is 3. The van der Waals surface area contributed by atoms with Gasteiger partial charge in [0.2, 0.25) is 5.82 Å². The van der Waals surface area contributed by atoms with Crippen LogP contribution in [0.25, 0.3) is 10.9 Å². The normalized spacial score (nSPS) is 14.2. The van der Waals surface area contributed by atoms with Gasteiger partial charge in [-0.2, -0.15) is 0 Å². The van der Waals surface area contributed by atoms with E-state index < -0.39 is 0 Å². The van der Waals surface area contributed by atoms with Crippen LogP contribution in [-0.2, 0) is 6.54 Å². The fourth-order valence-electron chi connectivity index (χ4n) is 2.48. The molecular formula is C16H20N4S+2. The molecule has 3 aromatic rings. The number of nitrogens with one attached hydrogen (secondary N) is 2. The Labute approximate surface area is 128 Å². The number of nitrogen functional groups attached to an aromatic ring is 1. The van der Waals surface area contributed by atoms with Crippen molar-refractivity contribution < 1.29 is 9.88 Å². The van der Waals surface area contributed by atoms with Gasteiger partial charge < -0.3 is 10.6 Å². The van der Waals surface area contributed by atoms with Crippen LogP contribution in [0.2, 0.25) is 0 Å². The number of benzene rings is 1. The molecule has 1 unspecified atom stereocenters. The summed E-state index contributed by atoms with van der Waals surface area (Å²) in [4.78, 5) is 10.7. The molecule has 0 amide bonds. The number of quaternary nitrogens is 1. The lowest BCUT2D eigenvalue weighted by molar-refractivity contribution is -0.927. The molecule has 4 N–H and O–H groups in total. The van der Waals surface area contributed by atoms with Gasteiger partial charge in [-0.15, -0.1) is 16.3 Å². The Morgan fingerprint density at radius 1 is 1.29 bits per heavy atom. The molecule has 2 aromatic heterocycles. The number of para-hydroxylation sites is 1. The van der Waals surface area contributed by atoms with Crippen molar-refractivity contribution in [2.24, 2.45) is 0 Å². The van der Waals surface area contributed by atoms with Gasteiger partial charge in [-0.25, -0.2) is 4.98 Å². The fraction of sp³-hybridized carbons (Fsp3) is 0.250. The Morgan fingerprint density at radius 3 is 2.86 bits per heavy atom. The molecule has 0 fully saturated rings. The lowest BCUT2D eigenvalue weighted by atomic mass is 10.2. The number of hydrogen-bond donors (Lipinski definition) is 2. The maximum Gasteiger partial charge on any atom is 0.291 e. The molecule has 0 saturated heterocycles. The Kier molecular flexibility index (Phi) is 3.86. The number of H-pyrrole nitrogens is 1. The van der Waals surface area contributed by atoms with Crippen LogP contribution in [-0.4, -0.2) is 12.0 Å². The minimum absolute atomic E-state index is 0.438. The van der Waals surface area contributed by atoms with E-state index >= 15 is 0 Å². The first-order valence-electron chi connectivity index (χ1n) is 7.07. The highest BCUT2D eigenvalue weighted by atomic mass is 32.1. The second-order valence-electron chi connectivity index (χ2n) is 5.37. The zero-order chi connectivity index (χ0) is 14.8. The molecule has 1 aromatic carbocycles. The van der Waals surface area contributed by atoms with E-state index in [0.717, 1.165) is 23.3 Å². The molecule has 0 aliphatic heterocycles. The van der Waals surface area contributed by atoms with Gasteiger partial charge in [-0.1, -0.05) is 18.2 Å². The summed E-state index contributed by atoms with van der Waals surface area (Å²) in [5, 5.41) is 3.10. The number of nitrogens with zero attached hydrogens (tertiary/aromatic N) is 1. The predicted octanol–water partition coefficient (Wildman–Crippen LogP) is 1.47. The summed E-state index contributed by atoms with van der Waals surface area (Å²) in [6.07, 6.45) is 0. The molecule has 4 nitrogen and oxygen atoms in total. The Bertz CT molecular complexity index is 739. The molecule has 0 saturated carbocycles. The van der Waals surface area contributed by atoms with Crippen molar-refractivity contribution >= 4 is 28.1 Å². The zero-order valence-corrected chi connectivity index (χ0v) is 13.1. The minimum Gasteiger partial charge on any atom is -0.322 e. The average Bonchev–Trinajstić information content (AvgIpc) is 3.00. The number of anilines is 1. The van der Waals surface area contributed by atoms with E-state index in [0.29, 0.717) is 11.9 Å². The molecule has 21 heavy (non-hydrogen) atoms. The molecule has 108 valence electrons. The third kappa shape index (κ3) is 2.89. The van der Waals surface area contributed by atoms with Crippen molar-refractivity contribution in [1.82, 2.24) is 4.98 Å². The molecule has 2 heterocycles. The fourth-order valence-corrected chi connectivity index (χ4v) is 3.35. The summed E-state index contributed by atoms with van der Waals surface area (Å²) in [6, 6.07) is 12.7. The van der Waals surface area contributed by atoms with Gasteiger partial charge in [-0.3, -0.25) is 0 Å². The second kappa shape index (κ2) is 5.79. The summed E-state index contributed by atoms with van der Waals surface area (Å²) >= 11 is 1.80. The number of rotatable bonds is 4. The predicted molar refractivity (Wildman–Crippen MR) is 86.0 cm³/mol. The Balaban J connectivity index is 1.84. The van der Waals surface area contributed by atoms with Crippen molar-refractivity contribution in [3.8, 4) is 0 Å². The highest BCUT2D eigenvalue weighted by Crippen LogP contribution is 2.16. The van der Waals surface area contributed by atoms with Crippen molar-refractivity contribution in [1.29, 1.82) is 0 Å². The number of nitrogens with two attached hydrogens (primary N) is 1. The van der Waals surface area contributed by atoms with Gasteiger partial charge in [0.05, 0.1) is 17.3 Å². The maximum absolute atomic E-state index is 6.10. The van der Waals surface area contributed by atoms with Gasteiger partial charge in [0, 0.05) is 0 Å². The first kappa shape index (κ1) is 14.0.